The van der Waals surface area contributed by atoms with Gasteiger partial charge in [-0.15, -0.1) is 0 Å². The van der Waals surface area contributed by atoms with Crippen LogP contribution in [0, 0.1) is 26.7 Å². The normalized spacial score (nSPS) is 19.9. The van der Waals surface area contributed by atoms with Crippen LogP contribution in [0.1, 0.15) is 42.4 Å². The maximum absolute atomic E-state index is 13.3. The van der Waals surface area contributed by atoms with Gasteiger partial charge in [0, 0.05) is 31.2 Å². The summed E-state index contributed by atoms with van der Waals surface area (Å²) in [6.07, 6.45) is 2.36. The summed E-state index contributed by atoms with van der Waals surface area (Å²) in [6, 6.07) is 12.3. The molecular weight excluding hydrogens is 450 g/mol. The van der Waals surface area contributed by atoms with E-state index in [9.17, 15) is 18.0 Å². The van der Waals surface area contributed by atoms with E-state index in [1.165, 1.54) is 4.31 Å². The van der Waals surface area contributed by atoms with Crippen LogP contribution >= 0.6 is 0 Å². The molecule has 0 bridgehead atoms. The third-order valence-electron chi connectivity index (χ3n) is 6.79. The topological polar surface area (TPSA) is 86.8 Å². The van der Waals surface area contributed by atoms with Crippen molar-refractivity contribution in [1.29, 1.82) is 0 Å². The molecule has 0 spiro atoms. The Labute approximate surface area is 202 Å². The molecule has 0 saturated carbocycles. The first-order chi connectivity index (χ1) is 16.1. The Morgan fingerprint density at radius 2 is 1.47 bits per heavy atom. The molecule has 0 aliphatic carbocycles. The fourth-order valence-corrected chi connectivity index (χ4v) is 6.48. The number of carbonyl (C=O) groups is 2. The molecule has 182 valence electrons. The average Bonchev–Trinajstić information content (AvgIpc) is 3.28. The summed E-state index contributed by atoms with van der Waals surface area (Å²) in [7, 11) is -3.57. The van der Waals surface area contributed by atoms with Crippen molar-refractivity contribution < 1.29 is 18.0 Å². The molecule has 0 radical (unpaired) electrons. The number of anilines is 1. The van der Waals surface area contributed by atoms with Crippen LogP contribution in [-0.4, -0.2) is 55.1 Å². The minimum Gasteiger partial charge on any atom is -0.330 e. The van der Waals surface area contributed by atoms with Crippen molar-refractivity contribution in [3.63, 3.8) is 0 Å². The fourth-order valence-electron chi connectivity index (χ4n) is 5.01. The molecule has 2 fully saturated rings. The average molecular weight is 484 g/mol. The third kappa shape index (κ3) is 5.18. The molecule has 1 atom stereocenters. The predicted molar refractivity (Wildman–Crippen MR) is 132 cm³/mol. The van der Waals surface area contributed by atoms with Gasteiger partial charge in [-0.3, -0.25) is 9.59 Å². The highest BCUT2D eigenvalue weighted by molar-refractivity contribution is 7.89. The highest BCUT2D eigenvalue weighted by Crippen LogP contribution is 2.29. The SMILES string of the molecule is Cc1ccc(S(=O)(=O)N2CCC(C(=O)N3CCCC3C(=O)Nc3cc(C)cc(C)c3)CC2)cc1. The predicted octanol–water partition coefficient (Wildman–Crippen LogP) is 3.64. The lowest BCUT2D eigenvalue weighted by molar-refractivity contribution is -0.141. The van der Waals surface area contributed by atoms with Gasteiger partial charge in [0.15, 0.2) is 0 Å². The van der Waals surface area contributed by atoms with E-state index in [0.29, 0.717) is 38.9 Å². The number of rotatable bonds is 5. The van der Waals surface area contributed by atoms with Crippen molar-refractivity contribution in [2.75, 3.05) is 25.0 Å². The summed E-state index contributed by atoms with van der Waals surface area (Å²) in [5.41, 5.74) is 3.89. The monoisotopic (exact) mass is 483 g/mol. The standard InChI is InChI=1S/C26H33N3O4S/c1-18-6-8-23(9-7-18)34(32,33)28-13-10-21(11-14-28)26(31)29-12-4-5-24(29)25(30)27-22-16-19(2)15-20(3)17-22/h6-9,15-17,21,24H,4-5,10-14H2,1-3H3,(H,27,30). The molecule has 34 heavy (non-hydrogen) atoms. The van der Waals surface area contributed by atoms with Gasteiger partial charge in [0.25, 0.3) is 0 Å². The highest BCUT2D eigenvalue weighted by atomic mass is 32.2. The second-order valence-corrected chi connectivity index (χ2v) is 11.5. The van der Waals surface area contributed by atoms with Gasteiger partial charge >= 0.3 is 0 Å². The van der Waals surface area contributed by atoms with Crippen LogP contribution in [0.25, 0.3) is 0 Å². The van der Waals surface area contributed by atoms with E-state index in [1.807, 2.05) is 39.0 Å². The van der Waals surface area contributed by atoms with Crippen molar-refractivity contribution in [2.45, 2.75) is 57.4 Å². The van der Waals surface area contributed by atoms with Gasteiger partial charge in [-0.2, -0.15) is 4.31 Å². The molecule has 2 heterocycles. The highest BCUT2D eigenvalue weighted by Gasteiger charge is 2.39. The number of carbonyl (C=O) groups excluding carboxylic acids is 2. The van der Waals surface area contributed by atoms with Crippen LogP contribution in [0.15, 0.2) is 47.4 Å². The van der Waals surface area contributed by atoms with Gasteiger partial charge in [-0.05, 0) is 81.8 Å². The summed E-state index contributed by atoms with van der Waals surface area (Å²) in [5.74, 6) is -0.459. The van der Waals surface area contributed by atoms with Gasteiger partial charge in [-0.25, -0.2) is 8.42 Å². The van der Waals surface area contributed by atoms with Gasteiger partial charge < -0.3 is 10.2 Å². The minimum atomic E-state index is -3.57. The molecule has 2 amide bonds. The van der Waals surface area contributed by atoms with E-state index < -0.39 is 16.1 Å². The van der Waals surface area contributed by atoms with Gasteiger partial charge in [0.2, 0.25) is 21.8 Å². The summed E-state index contributed by atoms with van der Waals surface area (Å²) >= 11 is 0. The molecule has 0 aromatic heterocycles. The number of nitrogens with one attached hydrogen (secondary N) is 1. The van der Waals surface area contributed by atoms with Crippen LogP contribution in [0.3, 0.4) is 0 Å². The third-order valence-corrected chi connectivity index (χ3v) is 8.70. The van der Waals surface area contributed by atoms with E-state index in [2.05, 4.69) is 5.32 Å². The number of benzene rings is 2. The number of nitrogens with zero attached hydrogens (tertiary/aromatic N) is 2. The number of hydrogen-bond acceptors (Lipinski definition) is 4. The van der Waals surface area contributed by atoms with Crippen molar-refractivity contribution in [2.24, 2.45) is 5.92 Å². The van der Waals surface area contributed by atoms with E-state index in [-0.39, 0.29) is 22.6 Å². The Morgan fingerprint density at radius 1 is 0.853 bits per heavy atom. The first-order valence-electron chi connectivity index (χ1n) is 11.9. The van der Waals surface area contributed by atoms with E-state index >= 15 is 0 Å². The number of amides is 2. The summed E-state index contributed by atoms with van der Waals surface area (Å²) < 4.78 is 27.4. The maximum Gasteiger partial charge on any atom is 0.247 e. The van der Waals surface area contributed by atoms with Crippen molar-refractivity contribution in [3.8, 4) is 0 Å². The second kappa shape index (κ2) is 9.88. The number of piperidine rings is 1. The van der Waals surface area contributed by atoms with Crippen LogP contribution in [0.2, 0.25) is 0 Å². The van der Waals surface area contributed by atoms with Crippen LogP contribution < -0.4 is 5.32 Å². The fraction of sp³-hybridized carbons (Fsp3) is 0.462. The van der Waals surface area contributed by atoms with Crippen molar-refractivity contribution in [3.05, 3.63) is 59.2 Å². The zero-order valence-corrected chi connectivity index (χ0v) is 20.9. The van der Waals surface area contributed by atoms with E-state index in [4.69, 9.17) is 0 Å². The molecule has 1 unspecified atom stereocenters. The molecule has 8 heteroatoms. The number of hydrogen-bond donors (Lipinski definition) is 1. The zero-order valence-electron chi connectivity index (χ0n) is 20.1. The van der Waals surface area contributed by atoms with Crippen molar-refractivity contribution in [1.82, 2.24) is 9.21 Å². The molecular formula is C26H33N3O4S. The number of aryl methyl sites for hydroxylation is 3. The molecule has 2 aromatic carbocycles. The van der Waals surface area contributed by atoms with Gasteiger partial charge in [0.1, 0.15) is 6.04 Å². The summed E-state index contributed by atoms with van der Waals surface area (Å²) in [4.78, 5) is 28.3. The second-order valence-electron chi connectivity index (χ2n) is 9.55. The van der Waals surface area contributed by atoms with Crippen LogP contribution in [-0.2, 0) is 19.6 Å². The summed E-state index contributed by atoms with van der Waals surface area (Å²) in [6.45, 7) is 7.06. The smallest absolute Gasteiger partial charge is 0.247 e. The number of likely N-dealkylation sites (tertiary alicyclic amines) is 1. The molecule has 1 N–H and O–H groups in total. The lowest BCUT2D eigenvalue weighted by Gasteiger charge is -2.34. The Balaban J connectivity index is 1.38. The molecule has 2 saturated heterocycles. The quantitative estimate of drug-likeness (QED) is 0.703. The first-order valence-corrected chi connectivity index (χ1v) is 13.4. The van der Waals surface area contributed by atoms with E-state index in [1.54, 1.807) is 29.2 Å². The zero-order chi connectivity index (χ0) is 24.5. The van der Waals surface area contributed by atoms with Gasteiger partial charge in [0.05, 0.1) is 4.90 Å². The van der Waals surface area contributed by atoms with Crippen LogP contribution in [0.5, 0.6) is 0 Å². The lowest BCUT2D eigenvalue weighted by Crippen LogP contribution is -2.48. The Kier molecular flexibility index (Phi) is 7.09. The molecule has 4 rings (SSSR count). The van der Waals surface area contributed by atoms with Gasteiger partial charge in [-0.1, -0.05) is 23.8 Å². The van der Waals surface area contributed by atoms with Crippen molar-refractivity contribution >= 4 is 27.5 Å². The lowest BCUT2D eigenvalue weighted by atomic mass is 9.96. The Bertz CT molecular complexity index is 1150. The molecule has 2 aliphatic rings. The minimum absolute atomic E-state index is 0.0366. The Hall–Kier alpha value is -2.71. The molecule has 2 aliphatic heterocycles. The first kappa shape index (κ1) is 24.4. The maximum atomic E-state index is 13.3. The van der Waals surface area contributed by atoms with E-state index in [0.717, 1.165) is 28.8 Å². The van der Waals surface area contributed by atoms with Crippen LogP contribution in [0.4, 0.5) is 5.69 Å². The molecule has 7 nitrogen and oxygen atoms in total. The largest absolute Gasteiger partial charge is 0.330 e. The number of sulfonamides is 1. The molecule has 2 aromatic rings. The Morgan fingerprint density at radius 3 is 2.09 bits per heavy atom. The summed E-state index contributed by atoms with van der Waals surface area (Å²) in [5, 5.41) is 2.98.